The van der Waals surface area contributed by atoms with Gasteiger partial charge >= 0.3 is 0 Å². The number of nitrogens with two attached hydrogens (primary N) is 1. The van der Waals surface area contributed by atoms with Gasteiger partial charge < -0.3 is 4.89 Å². The van der Waals surface area contributed by atoms with E-state index in [0.29, 0.717) is 0 Å². The molecule has 0 aromatic rings. The van der Waals surface area contributed by atoms with Crippen LogP contribution in [0.5, 0.6) is 0 Å². The van der Waals surface area contributed by atoms with Crippen LogP contribution in [0.3, 0.4) is 0 Å². The standard InChI is InChI=1S/Mo.H4NOPS2/c;1-3(2,4)5/h;(H4,1,2,4,5). The average Bonchev–Trinajstić information content (AvgIpc) is 0.722. The van der Waals surface area contributed by atoms with Crippen LogP contribution in [0.15, 0.2) is 0 Å². The Hall–Kier alpha value is 1.61. The van der Waals surface area contributed by atoms with Crippen LogP contribution in [0.4, 0.5) is 0 Å². The molecule has 0 aliphatic rings. The molecule has 3 N–H and O–H groups in total. The largest absolute Gasteiger partial charge is 0.347 e. The molecule has 0 saturated carbocycles. The van der Waals surface area contributed by atoms with Crippen molar-refractivity contribution < 1.29 is 26.0 Å². The van der Waals surface area contributed by atoms with Gasteiger partial charge in [-0.05, 0) is 11.8 Å². The Kier molecular flexibility index (Phi) is 6.32. The first-order valence-corrected chi connectivity index (χ1v) is 4.82. The second kappa shape index (κ2) is 3.59. The second-order valence-electron chi connectivity index (χ2n) is 0.589. The first-order chi connectivity index (χ1) is 2.00. The molecule has 2 nitrogen and oxygen atoms in total. The zero-order valence-electron chi connectivity index (χ0n) is 2.74. The van der Waals surface area contributed by atoms with Gasteiger partial charge in [-0.25, -0.2) is 0 Å². The zero-order chi connectivity index (χ0) is 4.50. The summed E-state index contributed by atoms with van der Waals surface area (Å²) < 4.78 is 0. The minimum Gasteiger partial charge on any atom is -0.347 e. The van der Waals surface area contributed by atoms with Gasteiger partial charge in [0, 0.05) is 21.1 Å². The first kappa shape index (κ1) is 10.6. The molecule has 0 bridgehead atoms. The molecule has 38 valence electrons. The van der Waals surface area contributed by atoms with Crippen molar-refractivity contribution in [1.82, 2.24) is 0 Å². The topological polar surface area (TPSA) is 46.2 Å². The van der Waals surface area contributed by atoms with E-state index in [1.807, 2.05) is 0 Å². The van der Waals surface area contributed by atoms with Crippen LogP contribution in [0, 0.1) is 0 Å². The van der Waals surface area contributed by atoms with Crippen molar-refractivity contribution in [3.05, 3.63) is 0 Å². The van der Waals surface area contributed by atoms with Crippen LogP contribution in [-0.2, 0) is 32.9 Å². The van der Waals surface area contributed by atoms with Gasteiger partial charge in [-0.1, -0.05) is 0 Å². The smallest absolute Gasteiger partial charge is 0.177 e. The molecular formula is H4MoNOPS2. The summed E-state index contributed by atoms with van der Waals surface area (Å²) in [6.07, 6.45) is 0. The van der Waals surface area contributed by atoms with Crippen LogP contribution in [-0.4, -0.2) is 4.89 Å². The Morgan fingerprint density at radius 2 is 1.83 bits per heavy atom. The van der Waals surface area contributed by atoms with Crippen LogP contribution < -0.4 is 5.50 Å². The van der Waals surface area contributed by atoms with Crippen LogP contribution >= 0.6 is 17.9 Å². The third-order valence-corrected chi connectivity index (χ3v) is 0. The van der Waals surface area contributed by atoms with Gasteiger partial charge in [-0.15, -0.1) is 12.2 Å². The van der Waals surface area contributed by atoms with E-state index in [4.69, 9.17) is 10.4 Å². The molecule has 0 aromatic carbocycles. The van der Waals surface area contributed by atoms with E-state index in [-0.39, 0.29) is 21.1 Å². The summed E-state index contributed by atoms with van der Waals surface area (Å²) in [5, 5.41) is 0. The molecule has 0 radical (unpaired) electrons. The summed E-state index contributed by atoms with van der Waals surface area (Å²) in [4.78, 5) is 8.09. The Bertz CT molecular complexity index is 59.7. The SMILES string of the molecule is NP(O)(=S)S.[Mo]. The summed E-state index contributed by atoms with van der Waals surface area (Å²) in [6.45, 7) is 0. The summed E-state index contributed by atoms with van der Waals surface area (Å²) >= 11 is 7.52. The van der Waals surface area contributed by atoms with E-state index >= 15 is 0 Å². The van der Waals surface area contributed by atoms with Crippen molar-refractivity contribution >= 4 is 29.7 Å². The predicted molar refractivity (Wildman–Crippen MR) is 29.7 cm³/mol. The van der Waals surface area contributed by atoms with Gasteiger partial charge in [0.2, 0.25) is 0 Å². The van der Waals surface area contributed by atoms with E-state index < -0.39 is 5.62 Å². The molecule has 6 heteroatoms. The van der Waals surface area contributed by atoms with Gasteiger partial charge in [0.15, 0.2) is 5.62 Å². The minimum atomic E-state index is -2.61. The summed E-state index contributed by atoms with van der Waals surface area (Å²) in [7, 11) is 0. The Balaban J connectivity index is 0. The van der Waals surface area contributed by atoms with Crippen molar-refractivity contribution in [2.45, 2.75) is 0 Å². The predicted octanol–water partition coefficient (Wildman–Crippen LogP) is 0.0892. The molecule has 0 rings (SSSR count). The molecule has 0 saturated heterocycles. The number of hydrogen-bond donors (Lipinski definition) is 3. The van der Waals surface area contributed by atoms with Gasteiger partial charge in [-0.3, -0.25) is 5.50 Å². The molecular weight excluding hydrogens is 221 g/mol. The van der Waals surface area contributed by atoms with Gasteiger partial charge in [0.25, 0.3) is 0 Å². The summed E-state index contributed by atoms with van der Waals surface area (Å²) in [5.74, 6) is 0. The fraction of sp³-hybridized carbons (Fsp3) is 0. The molecule has 6 heavy (non-hydrogen) atoms. The molecule has 0 amide bonds. The third-order valence-electron chi connectivity index (χ3n) is 0. The Morgan fingerprint density at radius 1 is 1.83 bits per heavy atom. The summed E-state index contributed by atoms with van der Waals surface area (Å²) in [6, 6.07) is 0. The van der Waals surface area contributed by atoms with Crippen molar-refractivity contribution in [2.24, 2.45) is 5.50 Å². The quantitative estimate of drug-likeness (QED) is 0.311. The van der Waals surface area contributed by atoms with E-state index in [2.05, 4.69) is 24.1 Å². The van der Waals surface area contributed by atoms with E-state index in [1.165, 1.54) is 0 Å². The zero-order valence-corrected chi connectivity index (χ0v) is 7.35. The van der Waals surface area contributed by atoms with Gasteiger partial charge in [0.05, 0.1) is 0 Å². The first-order valence-electron chi connectivity index (χ1n) is 0.841. The van der Waals surface area contributed by atoms with Gasteiger partial charge in [-0.2, -0.15) is 0 Å². The van der Waals surface area contributed by atoms with E-state index in [1.54, 1.807) is 0 Å². The second-order valence-corrected chi connectivity index (χ2v) is 6.08. The Morgan fingerprint density at radius 3 is 1.83 bits per heavy atom. The monoisotopic (exact) mass is 227 g/mol. The van der Waals surface area contributed by atoms with Crippen molar-refractivity contribution in [3.8, 4) is 0 Å². The molecule has 0 spiro atoms. The fourth-order valence-corrected chi connectivity index (χ4v) is 0. The van der Waals surface area contributed by atoms with Crippen LogP contribution in [0.1, 0.15) is 0 Å². The van der Waals surface area contributed by atoms with Crippen molar-refractivity contribution in [2.75, 3.05) is 0 Å². The molecule has 1 unspecified atom stereocenters. The summed E-state index contributed by atoms with van der Waals surface area (Å²) in [5.41, 5.74) is 2.09. The Labute approximate surface area is 61.1 Å². The normalized spacial score (nSPS) is 17.8. The molecule has 0 aliphatic heterocycles. The van der Waals surface area contributed by atoms with Crippen molar-refractivity contribution in [1.29, 1.82) is 0 Å². The number of rotatable bonds is 0. The minimum absolute atomic E-state index is 0. The molecule has 0 aromatic heterocycles. The van der Waals surface area contributed by atoms with Gasteiger partial charge in [0.1, 0.15) is 0 Å². The number of thiol groups is 1. The molecule has 0 fully saturated rings. The van der Waals surface area contributed by atoms with Crippen LogP contribution in [0.2, 0.25) is 0 Å². The molecule has 0 heterocycles. The van der Waals surface area contributed by atoms with E-state index in [9.17, 15) is 0 Å². The average molecular weight is 225 g/mol. The molecule has 1 atom stereocenters. The number of hydrogen-bond acceptors (Lipinski definition) is 1. The van der Waals surface area contributed by atoms with Crippen molar-refractivity contribution in [3.63, 3.8) is 0 Å². The maximum absolute atomic E-state index is 8.09. The maximum atomic E-state index is 8.09. The molecule has 0 aliphatic carbocycles. The maximum Gasteiger partial charge on any atom is 0.177 e. The van der Waals surface area contributed by atoms with E-state index in [0.717, 1.165) is 0 Å². The fourth-order valence-electron chi connectivity index (χ4n) is 0. The third kappa shape index (κ3) is 46.0. The van der Waals surface area contributed by atoms with Crippen LogP contribution in [0.25, 0.3) is 0 Å².